The summed E-state index contributed by atoms with van der Waals surface area (Å²) in [5.74, 6) is -2.32. The van der Waals surface area contributed by atoms with E-state index in [-0.39, 0.29) is 17.9 Å². The molecule has 0 radical (unpaired) electrons. The molecule has 0 saturated carbocycles. The summed E-state index contributed by atoms with van der Waals surface area (Å²) in [6.07, 6.45) is -1.83. The van der Waals surface area contributed by atoms with Crippen molar-refractivity contribution < 1.29 is 22.8 Å². The van der Waals surface area contributed by atoms with Crippen molar-refractivity contribution in [2.24, 2.45) is 22.4 Å². The number of anilines is 1. The number of Topliss-reactive ketones (excluding diaryl/α,β-unsaturated/α-hetero) is 1. The Labute approximate surface area is 196 Å². The van der Waals surface area contributed by atoms with Crippen molar-refractivity contribution in [2.75, 3.05) is 18.5 Å². The van der Waals surface area contributed by atoms with Gasteiger partial charge in [0.25, 0.3) is 5.91 Å². The Balaban J connectivity index is 2.28. The minimum absolute atomic E-state index is 0.0668. The molecule has 1 aliphatic rings. The number of hydrogen-bond acceptors (Lipinski definition) is 5. The summed E-state index contributed by atoms with van der Waals surface area (Å²) < 4.78 is 40.7. The van der Waals surface area contributed by atoms with Gasteiger partial charge in [0.1, 0.15) is 5.84 Å². The van der Waals surface area contributed by atoms with Crippen LogP contribution in [-0.2, 0) is 21.3 Å². The number of benzodiazepines with no additional fused rings is 1. The van der Waals surface area contributed by atoms with Crippen molar-refractivity contribution >= 4 is 23.2 Å². The van der Waals surface area contributed by atoms with E-state index in [2.05, 4.69) is 4.99 Å². The minimum atomic E-state index is -4.67. The van der Waals surface area contributed by atoms with Crippen LogP contribution in [0.1, 0.15) is 49.3 Å². The zero-order valence-corrected chi connectivity index (χ0v) is 19.2. The van der Waals surface area contributed by atoms with E-state index in [0.717, 1.165) is 25.0 Å². The number of likely N-dealkylation sites (N-methyl/N-ethyl adjacent to an activating group) is 1. The molecule has 2 aromatic carbocycles. The van der Waals surface area contributed by atoms with Crippen molar-refractivity contribution in [3.05, 3.63) is 65.2 Å². The van der Waals surface area contributed by atoms with Crippen LogP contribution in [0, 0.1) is 5.92 Å². The molecule has 0 bridgehead atoms. The number of alkyl halides is 3. The summed E-state index contributed by atoms with van der Waals surface area (Å²) in [4.78, 5) is 33.6. The second kappa shape index (κ2) is 9.97. The number of carbonyl (C=O) groups is 2. The Morgan fingerprint density at radius 3 is 2.50 bits per heavy atom. The molecular formula is C25H29F3N4O2. The number of aliphatic imine (C=N–C) groups is 1. The number of amidine groups is 1. The standard InChI is InChI=1S/C25H29F3N4O2/c1-3-4-5-9-16(15-29)21(33)24(17-10-8-11-18(14-17)25(26,27)28)23(34)32(2)20-13-7-6-12-19(20)22(30)31-24/h6-8,10-14,16H,3-5,9,15,29H2,1-2H3,(H2,30,31)/t16-,24?/m0/s1. The van der Waals surface area contributed by atoms with Crippen LogP contribution in [0.2, 0.25) is 0 Å². The van der Waals surface area contributed by atoms with E-state index in [1.807, 2.05) is 6.92 Å². The molecule has 182 valence electrons. The molecule has 3 rings (SSSR count). The molecule has 0 fully saturated rings. The number of fused-ring (bicyclic) bond motifs is 1. The lowest BCUT2D eigenvalue weighted by atomic mass is 9.77. The second-order valence-corrected chi connectivity index (χ2v) is 8.46. The van der Waals surface area contributed by atoms with Crippen LogP contribution in [-0.4, -0.2) is 31.1 Å². The molecule has 1 aliphatic heterocycles. The lowest BCUT2D eigenvalue weighted by Gasteiger charge is -2.33. The van der Waals surface area contributed by atoms with Gasteiger partial charge < -0.3 is 16.4 Å². The first kappa shape index (κ1) is 25.4. The number of ketones is 1. The van der Waals surface area contributed by atoms with E-state index in [4.69, 9.17) is 11.5 Å². The zero-order valence-electron chi connectivity index (χ0n) is 19.2. The second-order valence-electron chi connectivity index (χ2n) is 8.46. The fourth-order valence-corrected chi connectivity index (χ4v) is 4.33. The van der Waals surface area contributed by atoms with Crippen LogP contribution in [0.25, 0.3) is 0 Å². The summed E-state index contributed by atoms with van der Waals surface area (Å²) >= 11 is 0. The highest BCUT2D eigenvalue weighted by Gasteiger charge is 2.53. The van der Waals surface area contributed by atoms with E-state index in [1.54, 1.807) is 24.3 Å². The Morgan fingerprint density at radius 2 is 1.85 bits per heavy atom. The molecule has 0 spiro atoms. The molecule has 34 heavy (non-hydrogen) atoms. The number of rotatable bonds is 8. The molecule has 1 unspecified atom stereocenters. The summed E-state index contributed by atoms with van der Waals surface area (Å²) in [6.45, 7) is 1.94. The molecule has 9 heteroatoms. The van der Waals surface area contributed by atoms with Gasteiger partial charge in [-0.05, 0) is 36.2 Å². The Hall–Kier alpha value is -3.20. The normalized spacial score (nSPS) is 19.3. The number of para-hydroxylation sites is 1. The number of benzene rings is 2. The maximum Gasteiger partial charge on any atom is 0.416 e. The first-order valence-electron chi connectivity index (χ1n) is 11.2. The highest BCUT2D eigenvalue weighted by Crippen LogP contribution is 2.40. The highest BCUT2D eigenvalue weighted by atomic mass is 19.4. The van der Waals surface area contributed by atoms with Gasteiger partial charge in [-0.1, -0.05) is 50.5 Å². The number of nitrogens with two attached hydrogens (primary N) is 2. The predicted molar refractivity (Wildman–Crippen MR) is 125 cm³/mol. The zero-order chi connectivity index (χ0) is 25.1. The molecular weight excluding hydrogens is 445 g/mol. The minimum Gasteiger partial charge on any atom is -0.383 e. The highest BCUT2D eigenvalue weighted by molar-refractivity contribution is 6.22. The van der Waals surface area contributed by atoms with Crippen LogP contribution in [0.4, 0.5) is 18.9 Å². The van der Waals surface area contributed by atoms with Gasteiger partial charge in [-0.25, -0.2) is 4.99 Å². The predicted octanol–water partition coefficient (Wildman–Crippen LogP) is 4.01. The van der Waals surface area contributed by atoms with Gasteiger partial charge >= 0.3 is 6.18 Å². The van der Waals surface area contributed by atoms with Crippen molar-refractivity contribution in [2.45, 2.75) is 44.3 Å². The Morgan fingerprint density at radius 1 is 1.15 bits per heavy atom. The number of hydrogen-bond donors (Lipinski definition) is 2. The van der Waals surface area contributed by atoms with Crippen molar-refractivity contribution in [3.8, 4) is 0 Å². The molecule has 4 N–H and O–H groups in total. The summed E-state index contributed by atoms with van der Waals surface area (Å²) in [6, 6.07) is 10.8. The smallest absolute Gasteiger partial charge is 0.383 e. The molecule has 1 heterocycles. The molecule has 0 aromatic heterocycles. The fourth-order valence-electron chi connectivity index (χ4n) is 4.33. The van der Waals surface area contributed by atoms with Crippen LogP contribution in [0.3, 0.4) is 0 Å². The first-order valence-corrected chi connectivity index (χ1v) is 11.2. The van der Waals surface area contributed by atoms with Crippen LogP contribution in [0.5, 0.6) is 0 Å². The lowest BCUT2D eigenvalue weighted by Crippen LogP contribution is -2.52. The fraction of sp³-hybridized carbons (Fsp3) is 0.400. The molecule has 0 saturated heterocycles. The number of carbonyl (C=O) groups excluding carboxylic acids is 2. The summed E-state index contributed by atoms with van der Waals surface area (Å²) in [5, 5.41) is 0. The third-order valence-electron chi connectivity index (χ3n) is 6.22. The third kappa shape index (κ3) is 4.57. The van der Waals surface area contributed by atoms with E-state index >= 15 is 0 Å². The maximum absolute atomic E-state index is 14.0. The summed E-state index contributed by atoms with van der Waals surface area (Å²) in [7, 11) is 1.46. The number of halogens is 3. The van der Waals surface area contributed by atoms with E-state index in [1.165, 1.54) is 24.1 Å². The average Bonchev–Trinajstić information content (AvgIpc) is 2.91. The quantitative estimate of drug-likeness (QED) is 0.446. The Bertz CT molecular complexity index is 1100. The largest absolute Gasteiger partial charge is 0.416 e. The van der Waals surface area contributed by atoms with Crippen molar-refractivity contribution in [3.63, 3.8) is 0 Å². The molecule has 1 amide bonds. The van der Waals surface area contributed by atoms with Crippen LogP contribution < -0.4 is 16.4 Å². The third-order valence-corrected chi connectivity index (χ3v) is 6.22. The van der Waals surface area contributed by atoms with Crippen LogP contribution in [0.15, 0.2) is 53.5 Å². The number of nitrogens with zero attached hydrogens (tertiary/aromatic N) is 2. The number of amides is 1. The van der Waals surface area contributed by atoms with Gasteiger partial charge in [0, 0.05) is 25.1 Å². The monoisotopic (exact) mass is 474 g/mol. The topological polar surface area (TPSA) is 102 Å². The molecule has 0 aliphatic carbocycles. The van der Waals surface area contributed by atoms with E-state index in [9.17, 15) is 22.8 Å². The van der Waals surface area contributed by atoms with E-state index < -0.39 is 34.9 Å². The lowest BCUT2D eigenvalue weighted by molar-refractivity contribution is -0.139. The van der Waals surface area contributed by atoms with Gasteiger partial charge in [0.05, 0.1) is 11.3 Å². The summed E-state index contributed by atoms with van der Waals surface area (Å²) in [5.41, 5.74) is 9.56. The van der Waals surface area contributed by atoms with Crippen molar-refractivity contribution in [1.82, 2.24) is 0 Å². The SMILES string of the molecule is CCCCC[C@@H](CN)C(=O)C1(c2cccc(C(F)(F)F)c2)N=C(N)c2ccccc2N(C)C1=O. The number of unbranched alkanes of at least 4 members (excludes halogenated alkanes) is 2. The Kier molecular flexibility index (Phi) is 7.45. The van der Waals surface area contributed by atoms with Crippen LogP contribution >= 0.6 is 0 Å². The maximum atomic E-state index is 14.0. The average molecular weight is 475 g/mol. The van der Waals surface area contributed by atoms with Gasteiger partial charge in [-0.15, -0.1) is 0 Å². The van der Waals surface area contributed by atoms with Gasteiger partial charge in [-0.3, -0.25) is 9.59 Å². The van der Waals surface area contributed by atoms with Gasteiger partial charge in [0.2, 0.25) is 5.54 Å². The molecule has 2 aromatic rings. The first-order chi connectivity index (χ1) is 16.1. The molecule has 6 nitrogen and oxygen atoms in total. The van der Waals surface area contributed by atoms with Crippen molar-refractivity contribution in [1.29, 1.82) is 0 Å². The van der Waals surface area contributed by atoms with Gasteiger partial charge in [-0.2, -0.15) is 13.2 Å². The molecule has 2 atom stereocenters. The van der Waals surface area contributed by atoms with Gasteiger partial charge in [0.15, 0.2) is 5.78 Å². The van der Waals surface area contributed by atoms with E-state index in [0.29, 0.717) is 24.1 Å².